The topological polar surface area (TPSA) is 21.3 Å². The third-order valence-corrected chi connectivity index (χ3v) is 4.88. The van der Waals surface area contributed by atoms with Crippen LogP contribution in [0.2, 0.25) is 5.02 Å². The Morgan fingerprint density at radius 1 is 1.29 bits per heavy atom. The molecule has 0 saturated carbocycles. The Bertz CT molecular complexity index is 676. The third kappa shape index (κ3) is 2.70. The van der Waals surface area contributed by atoms with Crippen LogP contribution in [0.3, 0.4) is 0 Å². The van der Waals surface area contributed by atoms with Gasteiger partial charge >= 0.3 is 0 Å². The highest BCUT2D eigenvalue weighted by Crippen LogP contribution is 2.46. The van der Waals surface area contributed by atoms with Crippen LogP contribution in [0.5, 0.6) is 5.75 Å². The molecule has 0 bridgehead atoms. The molecule has 0 saturated heterocycles. The predicted octanol–water partition coefficient (Wildman–Crippen LogP) is 5.06. The summed E-state index contributed by atoms with van der Waals surface area (Å²) in [7, 11) is 1.98. The van der Waals surface area contributed by atoms with E-state index in [2.05, 4.69) is 34.2 Å². The molecule has 1 aliphatic rings. The Kier molecular flexibility index (Phi) is 4.00. The van der Waals surface area contributed by atoms with E-state index in [-0.39, 0.29) is 6.04 Å². The van der Waals surface area contributed by atoms with Crippen molar-refractivity contribution < 1.29 is 4.74 Å². The predicted molar refractivity (Wildman–Crippen MR) is 90.0 cm³/mol. The van der Waals surface area contributed by atoms with Crippen LogP contribution < -0.4 is 10.1 Å². The lowest BCUT2D eigenvalue weighted by molar-refractivity contribution is 0.0462. The molecule has 1 heterocycles. The highest BCUT2D eigenvalue weighted by atomic mass is 79.9. The van der Waals surface area contributed by atoms with E-state index in [4.69, 9.17) is 16.3 Å². The SMILES string of the molecule is CNC1CC(C)(c2ccc(Br)cc2Cl)Oc2ccccc21. The molecule has 2 unspecified atom stereocenters. The zero-order chi connectivity index (χ0) is 15.0. The maximum atomic E-state index is 6.44. The molecule has 0 spiro atoms. The van der Waals surface area contributed by atoms with E-state index in [0.29, 0.717) is 0 Å². The van der Waals surface area contributed by atoms with Gasteiger partial charge in [0.2, 0.25) is 0 Å². The number of hydrogen-bond acceptors (Lipinski definition) is 2. The van der Waals surface area contributed by atoms with Gasteiger partial charge in [-0.25, -0.2) is 0 Å². The molecule has 110 valence electrons. The fourth-order valence-corrected chi connectivity index (χ4v) is 3.86. The van der Waals surface area contributed by atoms with Crippen LogP contribution in [0.25, 0.3) is 0 Å². The molecule has 2 aromatic rings. The molecule has 0 aliphatic carbocycles. The molecule has 4 heteroatoms. The molecular weight excluding hydrogens is 350 g/mol. The van der Waals surface area contributed by atoms with Gasteiger partial charge in [0, 0.05) is 33.1 Å². The minimum atomic E-state index is -0.445. The molecule has 2 atom stereocenters. The van der Waals surface area contributed by atoms with Gasteiger partial charge in [0.1, 0.15) is 11.4 Å². The highest BCUT2D eigenvalue weighted by Gasteiger charge is 2.39. The number of para-hydroxylation sites is 1. The number of halogens is 2. The molecule has 0 radical (unpaired) electrons. The largest absolute Gasteiger partial charge is 0.482 e. The standard InChI is InChI=1S/C17H17BrClNO/c1-17(13-8-7-11(18)9-14(13)19)10-15(20-2)12-5-3-4-6-16(12)21-17/h3-9,15,20H,10H2,1-2H3. The van der Waals surface area contributed by atoms with Gasteiger partial charge in [0.15, 0.2) is 0 Å². The van der Waals surface area contributed by atoms with Crippen molar-refractivity contribution in [2.45, 2.75) is 25.0 Å². The van der Waals surface area contributed by atoms with Crippen LogP contribution >= 0.6 is 27.5 Å². The van der Waals surface area contributed by atoms with E-state index in [1.807, 2.05) is 43.4 Å². The first-order chi connectivity index (χ1) is 10.0. The van der Waals surface area contributed by atoms with Crippen LogP contribution in [0.4, 0.5) is 0 Å². The summed E-state index contributed by atoms with van der Waals surface area (Å²) in [5, 5.41) is 4.11. The molecular formula is C17H17BrClNO. The minimum absolute atomic E-state index is 0.250. The molecule has 1 N–H and O–H groups in total. The Hall–Kier alpha value is -1.03. The molecule has 0 fully saturated rings. The summed E-state index contributed by atoms with van der Waals surface area (Å²) in [4.78, 5) is 0. The lowest BCUT2D eigenvalue weighted by Gasteiger charge is -2.40. The number of hydrogen-bond donors (Lipinski definition) is 1. The zero-order valence-electron chi connectivity index (χ0n) is 12.0. The van der Waals surface area contributed by atoms with Gasteiger partial charge in [0.25, 0.3) is 0 Å². The minimum Gasteiger partial charge on any atom is -0.482 e. The summed E-state index contributed by atoms with van der Waals surface area (Å²) >= 11 is 9.89. The van der Waals surface area contributed by atoms with E-state index in [0.717, 1.165) is 27.2 Å². The van der Waals surface area contributed by atoms with Gasteiger partial charge in [0.05, 0.1) is 0 Å². The van der Waals surface area contributed by atoms with Crippen molar-refractivity contribution in [2.24, 2.45) is 0 Å². The number of ether oxygens (including phenoxy) is 1. The number of benzene rings is 2. The smallest absolute Gasteiger partial charge is 0.134 e. The molecule has 0 amide bonds. The van der Waals surface area contributed by atoms with Crippen LogP contribution in [-0.4, -0.2) is 7.05 Å². The van der Waals surface area contributed by atoms with E-state index < -0.39 is 5.60 Å². The highest BCUT2D eigenvalue weighted by molar-refractivity contribution is 9.10. The van der Waals surface area contributed by atoms with Crippen LogP contribution in [-0.2, 0) is 5.60 Å². The van der Waals surface area contributed by atoms with Gasteiger partial charge < -0.3 is 10.1 Å². The van der Waals surface area contributed by atoms with E-state index in [9.17, 15) is 0 Å². The maximum absolute atomic E-state index is 6.44. The van der Waals surface area contributed by atoms with Crippen molar-refractivity contribution in [1.29, 1.82) is 0 Å². The van der Waals surface area contributed by atoms with Crippen molar-refractivity contribution >= 4 is 27.5 Å². The van der Waals surface area contributed by atoms with Gasteiger partial charge in [-0.1, -0.05) is 51.8 Å². The summed E-state index contributed by atoms with van der Waals surface area (Å²) in [5.74, 6) is 0.921. The lowest BCUT2D eigenvalue weighted by atomic mass is 9.83. The maximum Gasteiger partial charge on any atom is 0.134 e. The molecule has 1 aliphatic heterocycles. The fraction of sp³-hybridized carbons (Fsp3) is 0.294. The lowest BCUT2D eigenvalue weighted by Crippen LogP contribution is -2.39. The Balaban J connectivity index is 2.07. The Morgan fingerprint density at radius 2 is 2.05 bits per heavy atom. The van der Waals surface area contributed by atoms with E-state index in [1.54, 1.807) is 0 Å². The van der Waals surface area contributed by atoms with Crippen LogP contribution in [0, 0.1) is 0 Å². The second-order valence-corrected chi connectivity index (χ2v) is 6.86. The summed E-state index contributed by atoms with van der Waals surface area (Å²) in [6, 6.07) is 14.4. The molecule has 2 nitrogen and oxygen atoms in total. The van der Waals surface area contributed by atoms with Crippen LogP contribution in [0.1, 0.15) is 30.5 Å². The van der Waals surface area contributed by atoms with Crippen molar-refractivity contribution in [3.05, 3.63) is 63.1 Å². The first kappa shape index (κ1) is 14.9. The normalized spacial score (nSPS) is 24.3. The number of nitrogens with one attached hydrogen (secondary N) is 1. The van der Waals surface area contributed by atoms with Gasteiger partial charge in [-0.2, -0.15) is 0 Å². The van der Waals surface area contributed by atoms with Crippen molar-refractivity contribution in [1.82, 2.24) is 5.32 Å². The molecule has 3 rings (SSSR count). The second kappa shape index (κ2) is 5.64. The fourth-order valence-electron chi connectivity index (χ4n) is 2.99. The Morgan fingerprint density at radius 3 is 2.76 bits per heavy atom. The third-order valence-electron chi connectivity index (χ3n) is 4.07. The summed E-state index contributed by atoms with van der Waals surface area (Å²) in [6.07, 6.45) is 0.835. The average Bonchev–Trinajstić information content (AvgIpc) is 2.46. The van der Waals surface area contributed by atoms with Gasteiger partial charge in [-0.15, -0.1) is 0 Å². The van der Waals surface area contributed by atoms with Crippen molar-refractivity contribution in [3.8, 4) is 5.75 Å². The monoisotopic (exact) mass is 365 g/mol. The zero-order valence-corrected chi connectivity index (χ0v) is 14.3. The second-order valence-electron chi connectivity index (χ2n) is 5.54. The summed E-state index contributed by atoms with van der Waals surface area (Å²) in [5.41, 5.74) is 1.77. The van der Waals surface area contributed by atoms with E-state index in [1.165, 1.54) is 5.56 Å². The van der Waals surface area contributed by atoms with Gasteiger partial charge in [-0.3, -0.25) is 0 Å². The number of fused-ring (bicyclic) bond motifs is 1. The van der Waals surface area contributed by atoms with Crippen molar-refractivity contribution in [2.75, 3.05) is 7.05 Å². The first-order valence-corrected chi connectivity index (χ1v) is 8.11. The summed E-state index contributed by atoms with van der Waals surface area (Å²) < 4.78 is 7.29. The summed E-state index contributed by atoms with van der Waals surface area (Å²) in [6.45, 7) is 2.10. The number of rotatable bonds is 2. The van der Waals surface area contributed by atoms with Gasteiger partial charge in [-0.05, 0) is 32.2 Å². The Labute approximate surface area is 138 Å². The van der Waals surface area contributed by atoms with Crippen molar-refractivity contribution in [3.63, 3.8) is 0 Å². The molecule has 2 aromatic carbocycles. The molecule has 21 heavy (non-hydrogen) atoms. The molecule has 0 aromatic heterocycles. The van der Waals surface area contributed by atoms with E-state index >= 15 is 0 Å². The first-order valence-electron chi connectivity index (χ1n) is 6.94. The quantitative estimate of drug-likeness (QED) is 0.802. The van der Waals surface area contributed by atoms with Crippen LogP contribution in [0.15, 0.2) is 46.9 Å². The average molecular weight is 367 g/mol.